The topological polar surface area (TPSA) is 49.4 Å². The number of sulfonamides is 1. The van der Waals surface area contributed by atoms with E-state index in [2.05, 4.69) is 23.5 Å². The predicted octanol–water partition coefficient (Wildman–Crippen LogP) is 2.05. The van der Waals surface area contributed by atoms with E-state index < -0.39 is 10.0 Å². The summed E-state index contributed by atoms with van der Waals surface area (Å²) in [6, 6.07) is 0.310. The van der Waals surface area contributed by atoms with Crippen LogP contribution in [0.15, 0.2) is 0 Å². The highest BCUT2D eigenvalue weighted by molar-refractivity contribution is 7.89. The molecule has 1 atom stereocenters. The summed E-state index contributed by atoms with van der Waals surface area (Å²) in [4.78, 5) is 2.41. The second-order valence-electron chi connectivity index (χ2n) is 5.62. The van der Waals surface area contributed by atoms with Gasteiger partial charge in [0, 0.05) is 18.5 Å². The lowest BCUT2D eigenvalue weighted by atomic mass is 10.0. The van der Waals surface area contributed by atoms with Gasteiger partial charge in [-0.15, -0.1) is 11.6 Å². The molecule has 6 heteroatoms. The SMILES string of the molecule is CC(C)C(CNS(=O)(=O)CCCCCl)N1CCCC1. The van der Waals surface area contributed by atoms with Crippen molar-refractivity contribution in [1.82, 2.24) is 9.62 Å². The lowest BCUT2D eigenvalue weighted by Gasteiger charge is -2.30. The van der Waals surface area contributed by atoms with E-state index in [4.69, 9.17) is 11.6 Å². The second-order valence-corrected chi connectivity index (χ2v) is 7.92. The molecule has 0 aromatic carbocycles. The number of nitrogens with one attached hydrogen (secondary N) is 1. The van der Waals surface area contributed by atoms with Gasteiger partial charge in [0.2, 0.25) is 10.0 Å². The van der Waals surface area contributed by atoms with Gasteiger partial charge in [0.1, 0.15) is 0 Å². The molecule has 1 fully saturated rings. The van der Waals surface area contributed by atoms with Gasteiger partial charge in [-0.05, 0) is 44.7 Å². The molecule has 19 heavy (non-hydrogen) atoms. The molecule has 1 aliphatic heterocycles. The van der Waals surface area contributed by atoms with Crippen molar-refractivity contribution in [2.24, 2.45) is 5.92 Å². The largest absolute Gasteiger partial charge is 0.299 e. The third kappa shape index (κ3) is 6.43. The molecule has 0 saturated carbocycles. The number of likely N-dealkylation sites (tertiary alicyclic amines) is 1. The number of nitrogens with zero attached hydrogens (tertiary/aromatic N) is 1. The van der Waals surface area contributed by atoms with E-state index in [0.29, 0.717) is 30.8 Å². The summed E-state index contributed by atoms with van der Waals surface area (Å²) in [5, 5.41) is 0. The molecule has 0 aliphatic carbocycles. The smallest absolute Gasteiger partial charge is 0.211 e. The van der Waals surface area contributed by atoms with Crippen molar-refractivity contribution in [2.75, 3.05) is 31.3 Å². The molecule has 0 amide bonds. The van der Waals surface area contributed by atoms with E-state index in [1.807, 2.05) is 0 Å². The minimum Gasteiger partial charge on any atom is -0.299 e. The average Bonchev–Trinajstić information content (AvgIpc) is 2.82. The van der Waals surface area contributed by atoms with E-state index in [-0.39, 0.29) is 5.75 Å². The Bertz CT molecular complexity index is 341. The van der Waals surface area contributed by atoms with Gasteiger partial charge in [0.25, 0.3) is 0 Å². The Kier molecular flexibility index (Phi) is 7.65. The van der Waals surface area contributed by atoms with Gasteiger partial charge in [-0.2, -0.15) is 0 Å². The van der Waals surface area contributed by atoms with Gasteiger partial charge in [0.15, 0.2) is 0 Å². The normalized spacial score (nSPS) is 19.2. The Hall–Kier alpha value is 0.160. The van der Waals surface area contributed by atoms with E-state index in [1.165, 1.54) is 12.8 Å². The fourth-order valence-corrected chi connectivity index (χ4v) is 3.87. The number of alkyl halides is 1. The molecule has 0 bridgehead atoms. The number of hydrogen-bond donors (Lipinski definition) is 1. The molecule has 0 aromatic rings. The number of hydrogen-bond acceptors (Lipinski definition) is 3. The zero-order valence-electron chi connectivity index (χ0n) is 12.1. The highest BCUT2D eigenvalue weighted by Crippen LogP contribution is 2.17. The van der Waals surface area contributed by atoms with Gasteiger partial charge in [-0.25, -0.2) is 13.1 Å². The molecule has 0 aromatic heterocycles. The van der Waals surface area contributed by atoms with Crippen molar-refractivity contribution in [3.8, 4) is 0 Å². The van der Waals surface area contributed by atoms with Crippen LogP contribution in [0.25, 0.3) is 0 Å². The van der Waals surface area contributed by atoms with E-state index in [0.717, 1.165) is 19.5 Å². The minimum atomic E-state index is -3.15. The van der Waals surface area contributed by atoms with E-state index in [9.17, 15) is 8.42 Å². The van der Waals surface area contributed by atoms with Crippen LogP contribution < -0.4 is 4.72 Å². The van der Waals surface area contributed by atoms with Crippen LogP contribution in [0, 0.1) is 5.92 Å². The molecule has 0 radical (unpaired) electrons. The molecular weight excluding hydrogens is 284 g/mol. The third-order valence-corrected chi connectivity index (χ3v) is 5.39. The Morgan fingerprint density at radius 1 is 1.21 bits per heavy atom. The van der Waals surface area contributed by atoms with Crippen LogP contribution in [-0.2, 0) is 10.0 Å². The highest BCUT2D eigenvalue weighted by atomic mass is 35.5. The van der Waals surface area contributed by atoms with Crippen LogP contribution in [0.4, 0.5) is 0 Å². The third-order valence-electron chi connectivity index (χ3n) is 3.69. The van der Waals surface area contributed by atoms with Crippen LogP contribution in [0.1, 0.15) is 39.5 Å². The Morgan fingerprint density at radius 2 is 1.84 bits per heavy atom. The fourth-order valence-electron chi connectivity index (χ4n) is 2.53. The Balaban J connectivity index is 2.42. The molecule has 1 unspecified atom stereocenters. The zero-order valence-corrected chi connectivity index (χ0v) is 13.6. The Morgan fingerprint density at radius 3 is 2.37 bits per heavy atom. The van der Waals surface area contributed by atoms with Crippen LogP contribution in [0.5, 0.6) is 0 Å². The summed E-state index contributed by atoms with van der Waals surface area (Å²) in [7, 11) is -3.15. The van der Waals surface area contributed by atoms with Crippen molar-refractivity contribution >= 4 is 21.6 Å². The maximum absolute atomic E-state index is 11.9. The first-order valence-corrected chi connectivity index (χ1v) is 9.42. The fraction of sp³-hybridized carbons (Fsp3) is 1.00. The zero-order chi connectivity index (χ0) is 14.3. The van der Waals surface area contributed by atoms with E-state index >= 15 is 0 Å². The number of unbranched alkanes of at least 4 members (excludes halogenated alkanes) is 1. The molecule has 1 aliphatic rings. The minimum absolute atomic E-state index is 0.185. The first-order valence-electron chi connectivity index (χ1n) is 7.23. The molecule has 4 nitrogen and oxygen atoms in total. The Labute approximate surface area is 122 Å². The van der Waals surface area contributed by atoms with Crippen molar-refractivity contribution in [2.45, 2.75) is 45.6 Å². The highest BCUT2D eigenvalue weighted by Gasteiger charge is 2.25. The molecular formula is C13H27ClN2O2S. The molecule has 1 N–H and O–H groups in total. The number of halogens is 1. The first kappa shape index (κ1) is 17.2. The van der Waals surface area contributed by atoms with Gasteiger partial charge in [-0.3, -0.25) is 4.90 Å². The van der Waals surface area contributed by atoms with Crippen LogP contribution in [0.3, 0.4) is 0 Å². The van der Waals surface area contributed by atoms with Gasteiger partial charge < -0.3 is 0 Å². The van der Waals surface area contributed by atoms with Crippen molar-refractivity contribution < 1.29 is 8.42 Å². The average molecular weight is 311 g/mol. The van der Waals surface area contributed by atoms with Crippen molar-refractivity contribution in [1.29, 1.82) is 0 Å². The molecule has 1 heterocycles. The molecule has 114 valence electrons. The summed E-state index contributed by atoms with van der Waals surface area (Å²) >= 11 is 5.56. The summed E-state index contributed by atoms with van der Waals surface area (Å²) < 4.78 is 26.5. The first-order chi connectivity index (χ1) is 8.96. The monoisotopic (exact) mass is 310 g/mol. The summed E-state index contributed by atoms with van der Waals surface area (Å²) in [5.41, 5.74) is 0. The molecule has 1 rings (SSSR count). The van der Waals surface area contributed by atoms with Crippen LogP contribution in [0.2, 0.25) is 0 Å². The van der Waals surface area contributed by atoms with Crippen LogP contribution in [-0.4, -0.2) is 50.6 Å². The van der Waals surface area contributed by atoms with Crippen LogP contribution >= 0.6 is 11.6 Å². The van der Waals surface area contributed by atoms with Gasteiger partial charge in [-0.1, -0.05) is 13.8 Å². The van der Waals surface area contributed by atoms with E-state index in [1.54, 1.807) is 0 Å². The second kappa shape index (κ2) is 8.45. The quantitative estimate of drug-likeness (QED) is 0.524. The lowest BCUT2D eigenvalue weighted by molar-refractivity contribution is 0.193. The number of rotatable bonds is 9. The summed E-state index contributed by atoms with van der Waals surface area (Å²) in [6.07, 6.45) is 3.84. The van der Waals surface area contributed by atoms with Gasteiger partial charge >= 0.3 is 0 Å². The van der Waals surface area contributed by atoms with Gasteiger partial charge in [0.05, 0.1) is 5.75 Å². The summed E-state index contributed by atoms with van der Waals surface area (Å²) in [5.74, 6) is 1.17. The molecule has 0 spiro atoms. The van der Waals surface area contributed by atoms with Crippen molar-refractivity contribution in [3.05, 3.63) is 0 Å². The summed E-state index contributed by atoms with van der Waals surface area (Å²) in [6.45, 7) is 7.03. The standard InChI is InChI=1S/C13H27ClN2O2S/c1-12(2)13(16-8-4-5-9-16)11-15-19(17,18)10-6-3-7-14/h12-13,15H,3-11H2,1-2H3. The molecule has 1 saturated heterocycles. The lowest BCUT2D eigenvalue weighted by Crippen LogP contribution is -2.46. The maximum Gasteiger partial charge on any atom is 0.211 e. The maximum atomic E-state index is 11.9. The predicted molar refractivity (Wildman–Crippen MR) is 81.2 cm³/mol. The van der Waals surface area contributed by atoms with Crippen molar-refractivity contribution in [3.63, 3.8) is 0 Å².